The smallest absolute Gasteiger partial charge is 0.318 e. The Bertz CT molecular complexity index is 303. The summed E-state index contributed by atoms with van der Waals surface area (Å²) >= 11 is 0. The lowest BCUT2D eigenvalue weighted by Crippen LogP contribution is -2.03. The van der Waals surface area contributed by atoms with E-state index in [-0.39, 0.29) is 4.75 Å². The fraction of sp³-hybridized carbons (Fsp3) is 1.00. The highest BCUT2D eigenvalue weighted by atomic mass is 33.1. The van der Waals surface area contributed by atoms with E-state index in [9.17, 15) is 4.57 Å². The second kappa shape index (κ2) is 5.53. The van der Waals surface area contributed by atoms with Gasteiger partial charge in [0.25, 0.3) is 0 Å². The summed E-state index contributed by atoms with van der Waals surface area (Å²) in [5.74, 6) is 0. The molecule has 0 aliphatic rings. The van der Waals surface area contributed by atoms with Crippen LogP contribution >= 0.6 is 37.3 Å². The quantitative estimate of drug-likeness (QED) is 0.354. The first-order valence-electron chi connectivity index (χ1n) is 3.60. The van der Waals surface area contributed by atoms with Crippen molar-refractivity contribution in [3.8, 4) is 0 Å². The van der Waals surface area contributed by atoms with Crippen LogP contribution in [-0.2, 0) is 8.88 Å². The maximum Gasteiger partial charge on any atom is 0.477 e. The van der Waals surface area contributed by atoms with E-state index in [1.807, 2.05) is 20.8 Å². The summed E-state index contributed by atoms with van der Waals surface area (Å²) in [5.41, 5.74) is 0. The minimum atomic E-state index is -4.94. The van der Waals surface area contributed by atoms with E-state index in [1.54, 1.807) is 0 Å². The van der Waals surface area contributed by atoms with Gasteiger partial charge >= 0.3 is 15.6 Å². The molecular formula is C4H13NO6P2S2. The lowest BCUT2D eigenvalue weighted by molar-refractivity contribution is 0.255. The van der Waals surface area contributed by atoms with Crippen molar-refractivity contribution in [2.75, 3.05) is 0 Å². The fourth-order valence-corrected chi connectivity index (χ4v) is 4.32. The average Bonchev–Trinajstić information content (AvgIpc) is 1.75. The van der Waals surface area contributed by atoms with Crippen LogP contribution in [-0.4, -0.2) is 24.3 Å². The molecule has 0 radical (unpaired) electrons. The van der Waals surface area contributed by atoms with E-state index < -0.39 is 15.6 Å². The normalized spacial score (nSPS) is 14.1. The predicted octanol–water partition coefficient (Wildman–Crippen LogP) is 2.12. The van der Waals surface area contributed by atoms with Crippen molar-refractivity contribution in [2.24, 2.45) is 4.15 Å². The second-order valence-electron chi connectivity index (χ2n) is 3.44. The van der Waals surface area contributed by atoms with Gasteiger partial charge in [0, 0.05) is 15.7 Å². The topological polar surface area (TPSA) is 120 Å². The molecule has 0 saturated carbocycles. The Morgan fingerprint density at radius 2 is 1.67 bits per heavy atom. The van der Waals surface area contributed by atoms with Gasteiger partial charge in [0.15, 0.2) is 0 Å². The van der Waals surface area contributed by atoms with E-state index in [4.69, 9.17) is 19.6 Å². The van der Waals surface area contributed by atoms with Gasteiger partial charge in [-0.3, -0.25) is 0 Å². The number of nitrogens with zero attached hydrogens (tertiary/aromatic N) is 1. The van der Waals surface area contributed by atoms with Crippen molar-refractivity contribution in [1.82, 2.24) is 0 Å². The molecule has 0 fully saturated rings. The van der Waals surface area contributed by atoms with Crippen molar-refractivity contribution < 1.29 is 28.4 Å². The summed E-state index contributed by atoms with van der Waals surface area (Å²) in [4.78, 5) is 34.7. The van der Waals surface area contributed by atoms with E-state index in [0.717, 1.165) is 11.0 Å². The molecule has 0 aromatic rings. The number of hydrogen-bond donors (Lipinski definition) is 4. The third kappa shape index (κ3) is 11.2. The van der Waals surface area contributed by atoms with Gasteiger partial charge in [-0.05, 0) is 0 Å². The summed E-state index contributed by atoms with van der Waals surface area (Å²) in [5, 5.41) is 0. The molecule has 7 nitrogen and oxygen atoms in total. The van der Waals surface area contributed by atoms with Crippen LogP contribution in [0.15, 0.2) is 4.15 Å². The van der Waals surface area contributed by atoms with E-state index in [2.05, 4.69) is 8.46 Å². The minimum Gasteiger partial charge on any atom is -0.318 e. The first-order valence-corrected chi connectivity index (χ1v) is 8.80. The summed E-state index contributed by atoms with van der Waals surface area (Å²) in [6, 6.07) is 0. The van der Waals surface area contributed by atoms with Crippen LogP contribution in [0.3, 0.4) is 0 Å². The first-order chi connectivity index (χ1) is 6.41. The molecule has 92 valence electrons. The summed E-state index contributed by atoms with van der Waals surface area (Å²) < 4.78 is 17.1. The zero-order valence-corrected chi connectivity index (χ0v) is 11.7. The van der Waals surface area contributed by atoms with E-state index in [1.165, 1.54) is 10.8 Å². The van der Waals surface area contributed by atoms with Gasteiger partial charge in [-0.15, -0.1) is 4.15 Å². The van der Waals surface area contributed by atoms with Crippen molar-refractivity contribution in [2.45, 2.75) is 25.5 Å². The molecule has 0 heterocycles. The van der Waals surface area contributed by atoms with Crippen molar-refractivity contribution in [3.05, 3.63) is 0 Å². The maximum absolute atomic E-state index is 10.3. The van der Waals surface area contributed by atoms with Gasteiger partial charge in [-0.1, -0.05) is 31.6 Å². The van der Waals surface area contributed by atoms with Crippen LogP contribution < -0.4 is 0 Å². The second-order valence-corrected chi connectivity index (χ2v) is 9.24. The Kier molecular flexibility index (Phi) is 5.88. The number of hydrogen-bond acceptors (Lipinski definition) is 5. The number of phosphoric acid groups is 1. The molecule has 0 spiro atoms. The molecule has 15 heavy (non-hydrogen) atoms. The Morgan fingerprint density at radius 3 is 2.00 bits per heavy atom. The monoisotopic (exact) mass is 297 g/mol. The van der Waals surface area contributed by atoms with Gasteiger partial charge in [0.05, 0.1) is 0 Å². The molecule has 0 aromatic carbocycles. The molecule has 11 heteroatoms. The Balaban J connectivity index is 4.34. The molecule has 0 aliphatic carbocycles. The zero-order chi connectivity index (χ0) is 12.3. The van der Waals surface area contributed by atoms with E-state index in [0.29, 0.717) is 0 Å². The molecule has 0 aliphatic heterocycles. The van der Waals surface area contributed by atoms with Crippen LogP contribution in [0.25, 0.3) is 0 Å². The van der Waals surface area contributed by atoms with Gasteiger partial charge in [-0.2, -0.15) is 0 Å². The van der Waals surface area contributed by atoms with Gasteiger partial charge in [0.2, 0.25) is 0 Å². The molecule has 0 amide bonds. The van der Waals surface area contributed by atoms with Crippen molar-refractivity contribution >= 4 is 37.3 Å². The summed E-state index contributed by atoms with van der Waals surface area (Å²) in [7, 11) is -7.34. The van der Waals surface area contributed by atoms with Crippen LogP contribution in [0.1, 0.15) is 20.8 Å². The van der Waals surface area contributed by atoms with Gasteiger partial charge < -0.3 is 19.6 Å². The Hall–Kier alpha value is 0.960. The molecular weight excluding hydrogens is 284 g/mol. The van der Waals surface area contributed by atoms with Crippen LogP contribution in [0.5, 0.6) is 0 Å². The fourth-order valence-electron chi connectivity index (χ4n) is 0.330. The third-order valence-corrected chi connectivity index (χ3v) is 6.39. The summed E-state index contributed by atoms with van der Waals surface area (Å²) in [6.07, 6.45) is 0. The molecule has 0 aromatic heterocycles. The highest BCUT2D eigenvalue weighted by Gasteiger charge is 2.27. The van der Waals surface area contributed by atoms with Crippen LogP contribution in [0, 0.1) is 0 Å². The zero-order valence-electron chi connectivity index (χ0n) is 8.26. The Labute approximate surface area is 95.7 Å². The SMILES string of the molecule is CC(C)(C)SSN=P(O)(O)OP(=O)(O)O. The standard InChI is InChI=1S/C4H13NO6P2S2/c1-4(2,3)14-15-5-12(6,7)11-13(8,9)10/h6-7H,1-3H3,(H2,8,9,10). The molecule has 0 bridgehead atoms. The number of rotatable bonds is 4. The molecule has 0 unspecified atom stereocenters. The van der Waals surface area contributed by atoms with Crippen LogP contribution in [0.4, 0.5) is 0 Å². The van der Waals surface area contributed by atoms with E-state index >= 15 is 0 Å². The largest absolute Gasteiger partial charge is 0.477 e. The minimum absolute atomic E-state index is 0.170. The van der Waals surface area contributed by atoms with Crippen molar-refractivity contribution in [3.63, 3.8) is 0 Å². The lowest BCUT2D eigenvalue weighted by atomic mass is 10.3. The highest BCUT2D eigenvalue weighted by molar-refractivity contribution is 8.77. The maximum atomic E-state index is 10.3. The highest BCUT2D eigenvalue weighted by Crippen LogP contribution is 2.58. The molecule has 0 rings (SSSR count). The van der Waals surface area contributed by atoms with Gasteiger partial charge in [-0.25, -0.2) is 8.88 Å². The third-order valence-electron chi connectivity index (χ3n) is 0.643. The molecule has 0 saturated heterocycles. The van der Waals surface area contributed by atoms with Crippen LogP contribution in [0.2, 0.25) is 0 Å². The van der Waals surface area contributed by atoms with Gasteiger partial charge in [0.1, 0.15) is 0 Å². The average molecular weight is 297 g/mol. The summed E-state index contributed by atoms with van der Waals surface area (Å²) in [6.45, 7) is 5.62. The predicted molar refractivity (Wildman–Crippen MR) is 61.8 cm³/mol. The van der Waals surface area contributed by atoms with Crippen molar-refractivity contribution in [1.29, 1.82) is 0 Å². The Morgan fingerprint density at radius 1 is 1.20 bits per heavy atom. The molecule has 0 atom stereocenters. The lowest BCUT2D eigenvalue weighted by Gasteiger charge is -2.15. The molecule has 4 N–H and O–H groups in total. The first kappa shape index (κ1) is 16.0.